The molecule has 3 aromatic rings. The van der Waals surface area contributed by atoms with Crippen LogP contribution in [0.3, 0.4) is 0 Å². The van der Waals surface area contributed by atoms with Gasteiger partial charge in [-0.3, -0.25) is 4.79 Å². The molecule has 0 unspecified atom stereocenters. The summed E-state index contributed by atoms with van der Waals surface area (Å²) < 4.78 is 10.4. The van der Waals surface area contributed by atoms with E-state index in [4.69, 9.17) is 9.15 Å². The van der Waals surface area contributed by atoms with Gasteiger partial charge in [-0.2, -0.15) is 0 Å². The predicted molar refractivity (Wildman–Crippen MR) is 72.6 cm³/mol. The molecule has 0 saturated carbocycles. The summed E-state index contributed by atoms with van der Waals surface area (Å²) in [5.74, 6) is 0.854. The van der Waals surface area contributed by atoms with Crippen molar-refractivity contribution in [1.29, 1.82) is 0 Å². The maximum absolute atomic E-state index is 12.4. The molecule has 0 saturated heterocycles. The van der Waals surface area contributed by atoms with Gasteiger partial charge in [-0.15, -0.1) is 0 Å². The molecule has 0 spiro atoms. The van der Waals surface area contributed by atoms with Crippen LogP contribution in [0, 0.1) is 0 Å². The molecule has 0 N–H and O–H groups in total. The van der Waals surface area contributed by atoms with Crippen molar-refractivity contribution in [2.24, 2.45) is 0 Å². The van der Waals surface area contributed by atoms with Crippen LogP contribution in [0.25, 0.3) is 10.8 Å². The van der Waals surface area contributed by atoms with Crippen LogP contribution < -0.4 is 4.74 Å². The summed E-state index contributed by atoms with van der Waals surface area (Å²) in [6.07, 6.45) is 1.50. The zero-order valence-electron chi connectivity index (χ0n) is 10.4. The van der Waals surface area contributed by atoms with Crippen LogP contribution in [0.4, 0.5) is 0 Å². The molecule has 0 fully saturated rings. The Morgan fingerprint density at radius 1 is 1.11 bits per heavy atom. The van der Waals surface area contributed by atoms with Gasteiger partial charge in [0.25, 0.3) is 0 Å². The summed E-state index contributed by atoms with van der Waals surface area (Å²) in [4.78, 5) is 12.4. The predicted octanol–water partition coefficient (Wildman–Crippen LogP) is 3.67. The molecular formula is C16H12O3. The molecule has 94 valence electrons. The molecule has 0 radical (unpaired) electrons. The summed E-state index contributed by atoms with van der Waals surface area (Å²) in [5, 5.41) is 1.86. The maximum Gasteiger partial charge on any atom is 0.228 e. The fraction of sp³-hybridized carbons (Fsp3) is 0.0625. The van der Waals surface area contributed by atoms with Gasteiger partial charge in [0.2, 0.25) is 5.78 Å². The van der Waals surface area contributed by atoms with E-state index < -0.39 is 0 Å². The normalized spacial score (nSPS) is 10.6. The van der Waals surface area contributed by atoms with Gasteiger partial charge in [0, 0.05) is 5.56 Å². The number of benzene rings is 2. The Bertz CT molecular complexity index is 727. The molecule has 3 rings (SSSR count). The zero-order chi connectivity index (χ0) is 13.2. The van der Waals surface area contributed by atoms with Crippen molar-refractivity contribution in [3.8, 4) is 5.75 Å². The smallest absolute Gasteiger partial charge is 0.228 e. The fourth-order valence-electron chi connectivity index (χ4n) is 2.13. The molecule has 3 heteroatoms. The molecule has 3 nitrogen and oxygen atoms in total. The Hall–Kier alpha value is -2.55. The fourth-order valence-corrected chi connectivity index (χ4v) is 2.13. The van der Waals surface area contributed by atoms with Crippen molar-refractivity contribution >= 4 is 16.6 Å². The lowest BCUT2D eigenvalue weighted by Gasteiger charge is -2.07. The minimum absolute atomic E-state index is 0.139. The summed E-state index contributed by atoms with van der Waals surface area (Å²) in [6, 6.07) is 14.7. The number of ether oxygens (including phenoxy) is 1. The molecule has 0 aliphatic carbocycles. The maximum atomic E-state index is 12.4. The highest BCUT2D eigenvalue weighted by atomic mass is 16.5. The Morgan fingerprint density at radius 2 is 1.95 bits per heavy atom. The minimum Gasteiger partial charge on any atom is -0.497 e. The number of methoxy groups -OCH3 is 1. The third-order valence-electron chi connectivity index (χ3n) is 3.06. The second kappa shape index (κ2) is 4.61. The topological polar surface area (TPSA) is 39.4 Å². The van der Waals surface area contributed by atoms with Crippen molar-refractivity contribution in [2.45, 2.75) is 0 Å². The Kier molecular flexibility index (Phi) is 2.80. The van der Waals surface area contributed by atoms with E-state index in [1.807, 2.05) is 30.3 Å². The van der Waals surface area contributed by atoms with E-state index in [2.05, 4.69) is 0 Å². The number of ketones is 1. The standard InChI is InChI=1S/C16H12O3/c1-18-12-9-11-5-2-3-6-13(11)14(10-12)16(17)15-7-4-8-19-15/h2-10H,1H3. The quantitative estimate of drug-likeness (QED) is 0.667. The van der Waals surface area contributed by atoms with Crippen LogP contribution in [-0.2, 0) is 0 Å². The van der Waals surface area contributed by atoms with E-state index >= 15 is 0 Å². The van der Waals surface area contributed by atoms with Crippen LogP contribution >= 0.6 is 0 Å². The van der Waals surface area contributed by atoms with Crippen molar-refractivity contribution in [2.75, 3.05) is 7.11 Å². The first kappa shape index (κ1) is 11.5. The number of carbonyl (C=O) groups excluding carboxylic acids is 1. The van der Waals surface area contributed by atoms with Gasteiger partial charge in [-0.1, -0.05) is 24.3 Å². The summed E-state index contributed by atoms with van der Waals surface area (Å²) in [7, 11) is 1.59. The molecule has 0 atom stereocenters. The second-order valence-electron chi connectivity index (χ2n) is 4.20. The molecule has 2 aromatic carbocycles. The van der Waals surface area contributed by atoms with E-state index in [9.17, 15) is 4.79 Å². The van der Waals surface area contributed by atoms with Crippen LogP contribution in [0.1, 0.15) is 16.1 Å². The second-order valence-corrected chi connectivity index (χ2v) is 4.20. The van der Waals surface area contributed by atoms with Gasteiger partial charge in [0.15, 0.2) is 5.76 Å². The summed E-state index contributed by atoms with van der Waals surface area (Å²) in [5.41, 5.74) is 0.588. The average Bonchev–Trinajstić information content (AvgIpc) is 2.99. The van der Waals surface area contributed by atoms with Crippen LogP contribution in [0.5, 0.6) is 5.75 Å². The lowest BCUT2D eigenvalue weighted by molar-refractivity contribution is 0.101. The molecule has 0 bridgehead atoms. The summed E-state index contributed by atoms with van der Waals surface area (Å²) >= 11 is 0. The summed E-state index contributed by atoms with van der Waals surface area (Å²) in [6.45, 7) is 0. The molecule has 0 aliphatic heterocycles. The first-order chi connectivity index (χ1) is 9.29. The third kappa shape index (κ3) is 1.99. The first-order valence-electron chi connectivity index (χ1n) is 5.94. The number of fused-ring (bicyclic) bond motifs is 1. The number of hydrogen-bond acceptors (Lipinski definition) is 3. The number of carbonyl (C=O) groups is 1. The Morgan fingerprint density at radius 3 is 2.68 bits per heavy atom. The monoisotopic (exact) mass is 252 g/mol. The first-order valence-corrected chi connectivity index (χ1v) is 5.94. The lowest BCUT2D eigenvalue weighted by Crippen LogP contribution is -2.01. The lowest BCUT2D eigenvalue weighted by atomic mass is 10.00. The highest BCUT2D eigenvalue weighted by Gasteiger charge is 2.16. The molecule has 1 heterocycles. The van der Waals surface area contributed by atoms with Gasteiger partial charge >= 0.3 is 0 Å². The van der Waals surface area contributed by atoms with Crippen LogP contribution in [0.15, 0.2) is 59.2 Å². The molecule has 19 heavy (non-hydrogen) atoms. The Labute approximate surface area is 110 Å². The largest absolute Gasteiger partial charge is 0.497 e. The molecule has 0 aliphatic rings. The van der Waals surface area contributed by atoms with Crippen molar-refractivity contribution in [1.82, 2.24) is 0 Å². The zero-order valence-corrected chi connectivity index (χ0v) is 10.4. The van der Waals surface area contributed by atoms with E-state index in [1.165, 1.54) is 6.26 Å². The van der Waals surface area contributed by atoms with Crippen molar-refractivity contribution < 1.29 is 13.9 Å². The van der Waals surface area contributed by atoms with Crippen LogP contribution in [-0.4, -0.2) is 12.9 Å². The number of furan rings is 1. The van der Waals surface area contributed by atoms with Crippen LogP contribution in [0.2, 0.25) is 0 Å². The molecule has 0 amide bonds. The van der Waals surface area contributed by atoms with Crippen molar-refractivity contribution in [3.63, 3.8) is 0 Å². The van der Waals surface area contributed by atoms with Gasteiger partial charge in [0.1, 0.15) is 5.75 Å². The van der Waals surface area contributed by atoms with E-state index in [1.54, 1.807) is 25.3 Å². The van der Waals surface area contributed by atoms with Gasteiger partial charge in [-0.25, -0.2) is 0 Å². The molecular weight excluding hydrogens is 240 g/mol. The SMILES string of the molecule is COc1cc(C(=O)c2ccco2)c2ccccc2c1. The average molecular weight is 252 g/mol. The van der Waals surface area contributed by atoms with Gasteiger partial charge < -0.3 is 9.15 Å². The minimum atomic E-state index is -0.139. The number of rotatable bonds is 3. The van der Waals surface area contributed by atoms with E-state index in [-0.39, 0.29) is 5.78 Å². The highest BCUT2D eigenvalue weighted by Crippen LogP contribution is 2.27. The van der Waals surface area contributed by atoms with Gasteiger partial charge in [0.05, 0.1) is 13.4 Å². The third-order valence-corrected chi connectivity index (χ3v) is 3.06. The van der Waals surface area contributed by atoms with E-state index in [0.29, 0.717) is 17.1 Å². The van der Waals surface area contributed by atoms with E-state index in [0.717, 1.165) is 10.8 Å². The molecule has 1 aromatic heterocycles. The number of hydrogen-bond donors (Lipinski definition) is 0. The van der Waals surface area contributed by atoms with Gasteiger partial charge in [-0.05, 0) is 35.0 Å². The Balaban J connectivity index is 2.24. The highest BCUT2D eigenvalue weighted by molar-refractivity contribution is 6.15. The van der Waals surface area contributed by atoms with Crippen molar-refractivity contribution in [3.05, 3.63) is 66.1 Å².